The Morgan fingerprint density at radius 3 is 2.05 bits per heavy atom. The van der Waals surface area contributed by atoms with Crippen molar-refractivity contribution in [1.82, 2.24) is 0 Å². The predicted molar refractivity (Wildman–Crippen MR) is 90.9 cm³/mol. The molecule has 0 heterocycles. The van der Waals surface area contributed by atoms with Crippen LogP contribution in [0.3, 0.4) is 0 Å². The normalized spacial score (nSPS) is 10.8. The Kier molecular flexibility index (Phi) is 5.10. The molecule has 0 aromatic heterocycles. The van der Waals surface area contributed by atoms with E-state index in [2.05, 4.69) is 38.1 Å². The number of methoxy groups -OCH3 is 3. The first-order chi connectivity index (χ1) is 10.6. The van der Waals surface area contributed by atoms with Crippen LogP contribution in [0.5, 0.6) is 17.2 Å². The molecule has 2 aromatic rings. The first-order valence-corrected chi connectivity index (χ1v) is 7.15. The Morgan fingerprint density at radius 2 is 1.41 bits per heavy atom. The van der Waals surface area contributed by atoms with E-state index in [1.54, 1.807) is 21.3 Å². The minimum Gasteiger partial charge on any atom is -0.493 e. The van der Waals surface area contributed by atoms with Crippen molar-refractivity contribution in [3.63, 3.8) is 0 Å². The molecule has 0 unspecified atom stereocenters. The van der Waals surface area contributed by atoms with E-state index in [4.69, 9.17) is 14.2 Å². The molecular formula is C19H22O3. The van der Waals surface area contributed by atoms with Crippen LogP contribution in [0.15, 0.2) is 30.3 Å². The Morgan fingerprint density at radius 1 is 0.727 bits per heavy atom. The fourth-order valence-electron chi connectivity index (χ4n) is 2.37. The summed E-state index contributed by atoms with van der Waals surface area (Å²) in [5.41, 5.74) is 4.61. The highest BCUT2D eigenvalue weighted by atomic mass is 16.5. The molecule has 3 heteroatoms. The third-order valence-electron chi connectivity index (χ3n) is 3.61. The number of rotatable bonds is 5. The second kappa shape index (κ2) is 7.03. The highest BCUT2D eigenvalue weighted by Gasteiger charge is 2.14. The average molecular weight is 298 g/mol. The number of benzene rings is 2. The van der Waals surface area contributed by atoms with Gasteiger partial charge in [-0.15, -0.1) is 0 Å². The first kappa shape index (κ1) is 16.0. The van der Waals surface area contributed by atoms with Gasteiger partial charge in [-0.2, -0.15) is 0 Å². The zero-order valence-corrected chi connectivity index (χ0v) is 13.8. The summed E-state index contributed by atoms with van der Waals surface area (Å²) in [5, 5.41) is 0. The number of hydrogen-bond acceptors (Lipinski definition) is 3. The van der Waals surface area contributed by atoms with Gasteiger partial charge in [0.1, 0.15) is 0 Å². The molecule has 22 heavy (non-hydrogen) atoms. The van der Waals surface area contributed by atoms with Crippen LogP contribution in [-0.2, 0) is 0 Å². The molecule has 3 nitrogen and oxygen atoms in total. The summed E-state index contributed by atoms with van der Waals surface area (Å²) in [6.45, 7) is 4.19. The van der Waals surface area contributed by atoms with E-state index in [-0.39, 0.29) is 0 Å². The van der Waals surface area contributed by atoms with Gasteiger partial charge in [-0.3, -0.25) is 0 Å². The van der Waals surface area contributed by atoms with Crippen LogP contribution < -0.4 is 14.2 Å². The molecule has 0 aliphatic rings. The van der Waals surface area contributed by atoms with E-state index in [0.717, 1.165) is 5.56 Å². The molecule has 0 bridgehead atoms. The SMILES string of the molecule is COc1ccc(/C=C/c2cc(C)ccc2C)c(OC)c1OC. The van der Waals surface area contributed by atoms with Crippen LogP contribution in [0.2, 0.25) is 0 Å². The van der Waals surface area contributed by atoms with Gasteiger partial charge in [0.25, 0.3) is 0 Å². The zero-order chi connectivity index (χ0) is 16.1. The largest absolute Gasteiger partial charge is 0.493 e. The van der Waals surface area contributed by atoms with Crippen LogP contribution in [0.1, 0.15) is 22.3 Å². The minimum absolute atomic E-state index is 0.605. The van der Waals surface area contributed by atoms with Gasteiger partial charge < -0.3 is 14.2 Å². The van der Waals surface area contributed by atoms with Crippen molar-refractivity contribution < 1.29 is 14.2 Å². The van der Waals surface area contributed by atoms with Gasteiger partial charge in [-0.1, -0.05) is 35.9 Å². The fourth-order valence-corrected chi connectivity index (χ4v) is 2.37. The van der Waals surface area contributed by atoms with Crippen molar-refractivity contribution in [3.05, 3.63) is 52.6 Å². The van der Waals surface area contributed by atoms with Gasteiger partial charge in [-0.25, -0.2) is 0 Å². The fraction of sp³-hybridized carbons (Fsp3) is 0.263. The van der Waals surface area contributed by atoms with E-state index in [1.807, 2.05) is 18.2 Å². The van der Waals surface area contributed by atoms with Crippen LogP contribution in [-0.4, -0.2) is 21.3 Å². The summed E-state index contributed by atoms with van der Waals surface area (Å²) >= 11 is 0. The molecule has 0 atom stereocenters. The standard InChI is InChI=1S/C19H22O3/c1-13-6-7-14(2)16(12-13)9-8-15-10-11-17(20-3)19(22-5)18(15)21-4/h6-12H,1-5H3/b9-8+. The summed E-state index contributed by atoms with van der Waals surface area (Å²) in [5.74, 6) is 1.93. The number of ether oxygens (including phenoxy) is 3. The highest BCUT2D eigenvalue weighted by Crippen LogP contribution is 2.40. The Balaban J connectivity index is 2.45. The Bertz CT molecular complexity index is 687. The summed E-state index contributed by atoms with van der Waals surface area (Å²) < 4.78 is 16.2. The first-order valence-electron chi connectivity index (χ1n) is 7.15. The molecule has 116 valence electrons. The van der Waals surface area contributed by atoms with Crippen molar-refractivity contribution in [2.24, 2.45) is 0 Å². The maximum atomic E-state index is 5.50. The molecule has 0 saturated carbocycles. The van der Waals surface area contributed by atoms with Gasteiger partial charge in [0.2, 0.25) is 5.75 Å². The molecule has 0 saturated heterocycles. The van der Waals surface area contributed by atoms with Crippen LogP contribution in [0, 0.1) is 13.8 Å². The molecule has 2 aromatic carbocycles. The lowest BCUT2D eigenvalue weighted by Gasteiger charge is -2.14. The number of hydrogen-bond donors (Lipinski definition) is 0. The lowest BCUT2D eigenvalue weighted by atomic mass is 10.0. The molecule has 0 N–H and O–H groups in total. The van der Waals surface area contributed by atoms with E-state index >= 15 is 0 Å². The quantitative estimate of drug-likeness (QED) is 0.761. The lowest BCUT2D eigenvalue weighted by molar-refractivity contribution is 0.324. The molecule has 0 fully saturated rings. The number of aryl methyl sites for hydroxylation is 2. The smallest absolute Gasteiger partial charge is 0.203 e. The monoisotopic (exact) mass is 298 g/mol. The van der Waals surface area contributed by atoms with Gasteiger partial charge in [0, 0.05) is 5.56 Å². The maximum Gasteiger partial charge on any atom is 0.203 e. The summed E-state index contributed by atoms with van der Waals surface area (Å²) in [6, 6.07) is 10.2. The minimum atomic E-state index is 0.605. The van der Waals surface area contributed by atoms with Gasteiger partial charge in [0.15, 0.2) is 11.5 Å². The molecule has 0 aliphatic carbocycles. The third kappa shape index (κ3) is 3.25. The van der Waals surface area contributed by atoms with Crippen molar-refractivity contribution in [2.75, 3.05) is 21.3 Å². The summed E-state index contributed by atoms with van der Waals surface area (Å²) in [4.78, 5) is 0. The Labute approximate surface area is 132 Å². The van der Waals surface area contributed by atoms with Crippen molar-refractivity contribution in [1.29, 1.82) is 0 Å². The molecular weight excluding hydrogens is 276 g/mol. The van der Waals surface area contributed by atoms with E-state index in [9.17, 15) is 0 Å². The average Bonchev–Trinajstić information content (AvgIpc) is 2.54. The molecule has 0 amide bonds. The molecule has 0 radical (unpaired) electrons. The van der Waals surface area contributed by atoms with E-state index in [1.165, 1.54) is 16.7 Å². The lowest BCUT2D eigenvalue weighted by Crippen LogP contribution is -1.96. The second-order valence-corrected chi connectivity index (χ2v) is 5.12. The van der Waals surface area contributed by atoms with E-state index in [0.29, 0.717) is 17.2 Å². The van der Waals surface area contributed by atoms with Gasteiger partial charge >= 0.3 is 0 Å². The zero-order valence-electron chi connectivity index (χ0n) is 13.8. The van der Waals surface area contributed by atoms with Crippen LogP contribution in [0.4, 0.5) is 0 Å². The summed E-state index contributed by atoms with van der Waals surface area (Å²) in [7, 11) is 4.86. The maximum absolute atomic E-state index is 5.50. The van der Waals surface area contributed by atoms with Crippen molar-refractivity contribution in [2.45, 2.75) is 13.8 Å². The predicted octanol–water partition coefficient (Wildman–Crippen LogP) is 4.50. The van der Waals surface area contributed by atoms with Crippen molar-refractivity contribution in [3.8, 4) is 17.2 Å². The van der Waals surface area contributed by atoms with Crippen molar-refractivity contribution >= 4 is 12.2 Å². The second-order valence-electron chi connectivity index (χ2n) is 5.12. The summed E-state index contributed by atoms with van der Waals surface area (Å²) in [6.07, 6.45) is 4.12. The topological polar surface area (TPSA) is 27.7 Å². The molecule has 2 rings (SSSR count). The van der Waals surface area contributed by atoms with Crippen LogP contribution in [0.25, 0.3) is 12.2 Å². The molecule has 0 aliphatic heterocycles. The Hall–Kier alpha value is -2.42. The highest BCUT2D eigenvalue weighted by molar-refractivity contribution is 5.76. The third-order valence-corrected chi connectivity index (χ3v) is 3.61. The van der Waals surface area contributed by atoms with Crippen LogP contribution >= 0.6 is 0 Å². The molecule has 0 spiro atoms. The van der Waals surface area contributed by atoms with Gasteiger partial charge in [-0.05, 0) is 37.1 Å². The van der Waals surface area contributed by atoms with E-state index < -0.39 is 0 Å². The van der Waals surface area contributed by atoms with Gasteiger partial charge in [0.05, 0.1) is 21.3 Å².